The van der Waals surface area contributed by atoms with Crippen molar-refractivity contribution in [2.24, 2.45) is 4.99 Å². The molecular weight excluding hydrogens is 516 g/mol. The fraction of sp³-hybridized carbons (Fsp3) is 0.367. The van der Waals surface area contributed by atoms with Gasteiger partial charge in [-0.15, -0.1) is 0 Å². The molecule has 2 heterocycles. The van der Waals surface area contributed by atoms with E-state index in [-0.39, 0.29) is 18.3 Å². The Kier molecular flexibility index (Phi) is 8.91. The molecule has 206 valence electrons. The first-order valence-corrected chi connectivity index (χ1v) is 13.9. The topological polar surface area (TPSA) is 88.4 Å². The van der Waals surface area contributed by atoms with Gasteiger partial charge in [0, 0.05) is 0 Å². The molecule has 2 aromatic carbocycles. The van der Waals surface area contributed by atoms with E-state index in [2.05, 4.69) is 4.99 Å². The van der Waals surface area contributed by atoms with Crippen LogP contribution in [0, 0.1) is 0 Å². The number of hydrogen-bond acceptors (Lipinski definition) is 8. The largest absolute Gasteiger partial charge is 0.494 e. The molecule has 0 saturated carbocycles. The Bertz CT molecular complexity index is 1550. The second-order valence-corrected chi connectivity index (χ2v) is 10.1. The highest BCUT2D eigenvalue weighted by molar-refractivity contribution is 7.07. The predicted molar refractivity (Wildman–Crippen MR) is 151 cm³/mol. The number of carbonyl (C=O) groups is 1. The molecule has 1 atom stereocenters. The molecule has 1 aliphatic heterocycles. The lowest BCUT2D eigenvalue weighted by atomic mass is 9.96. The van der Waals surface area contributed by atoms with Gasteiger partial charge in [0.25, 0.3) is 5.56 Å². The SMILES string of the molecule is CCOC(=O)C1=C(C)N=c2s/c(=C\c3ccc(OC(C)C)c(OCC)c3)c(=O)n2[C@@H]1c1ccc(OCC)cc1. The number of thiazole rings is 1. The number of nitrogens with zero attached hydrogens (tertiary/aromatic N) is 2. The number of esters is 1. The summed E-state index contributed by atoms with van der Waals surface area (Å²) in [5, 5.41) is 0. The number of carbonyl (C=O) groups excluding carboxylic acids is 1. The molecule has 0 unspecified atom stereocenters. The highest BCUT2D eigenvalue weighted by Gasteiger charge is 2.33. The zero-order chi connectivity index (χ0) is 28.1. The quantitative estimate of drug-likeness (QED) is 0.348. The summed E-state index contributed by atoms with van der Waals surface area (Å²) in [6, 6.07) is 12.3. The Labute approximate surface area is 231 Å². The first-order chi connectivity index (χ1) is 18.8. The van der Waals surface area contributed by atoms with Crippen molar-refractivity contribution < 1.29 is 23.7 Å². The van der Waals surface area contributed by atoms with Crippen LogP contribution in [-0.2, 0) is 9.53 Å². The Morgan fingerprint density at radius 3 is 2.38 bits per heavy atom. The molecule has 39 heavy (non-hydrogen) atoms. The van der Waals surface area contributed by atoms with E-state index in [0.29, 0.717) is 51.1 Å². The van der Waals surface area contributed by atoms with Crippen LogP contribution in [0.1, 0.15) is 58.7 Å². The van der Waals surface area contributed by atoms with E-state index in [9.17, 15) is 9.59 Å². The number of rotatable bonds is 10. The molecular formula is C30H34N2O6S. The van der Waals surface area contributed by atoms with Gasteiger partial charge in [-0.25, -0.2) is 9.79 Å². The van der Waals surface area contributed by atoms with Crippen LogP contribution in [0.15, 0.2) is 63.5 Å². The van der Waals surface area contributed by atoms with E-state index in [1.165, 1.54) is 11.3 Å². The van der Waals surface area contributed by atoms with Gasteiger partial charge in [0.1, 0.15) is 5.75 Å². The zero-order valence-electron chi connectivity index (χ0n) is 23.1. The van der Waals surface area contributed by atoms with Gasteiger partial charge in [-0.1, -0.05) is 29.5 Å². The molecule has 3 aromatic rings. The number of aromatic nitrogens is 1. The summed E-state index contributed by atoms with van der Waals surface area (Å²) in [5.41, 5.74) is 2.17. The van der Waals surface area contributed by atoms with E-state index < -0.39 is 12.0 Å². The van der Waals surface area contributed by atoms with Gasteiger partial charge >= 0.3 is 5.97 Å². The standard InChI is InChI=1S/C30H34N2O6S/c1-7-35-22-13-11-21(12-14-22)27-26(29(34)37-9-3)19(6)31-30-32(27)28(33)25(39-30)17-20-10-15-23(38-18(4)5)24(16-20)36-8-2/h10-18,27H,7-9H2,1-6H3/b25-17-/t27-/m1/s1. The molecule has 1 aromatic heterocycles. The summed E-state index contributed by atoms with van der Waals surface area (Å²) in [6.45, 7) is 12.5. The van der Waals surface area contributed by atoms with Crippen molar-refractivity contribution in [2.45, 2.75) is 53.7 Å². The highest BCUT2D eigenvalue weighted by Crippen LogP contribution is 2.32. The summed E-state index contributed by atoms with van der Waals surface area (Å²) >= 11 is 1.28. The van der Waals surface area contributed by atoms with Crippen molar-refractivity contribution in [1.82, 2.24) is 4.57 Å². The fourth-order valence-corrected chi connectivity index (χ4v) is 5.45. The smallest absolute Gasteiger partial charge is 0.338 e. The van der Waals surface area contributed by atoms with Crippen LogP contribution >= 0.6 is 11.3 Å². The van der Waals surface area contributed by atoms with E-state index in [1.54, 1.807) is 18.4 Å². The van der Waals surface area contributed by atoms with Crippen LogP contribution in [-0.4, -0.2) is 36.5 Å². The third-order valence-electron chi connectivity index (χ3n) is 5.95. The number of hydrogen-bond donors (Lipinski definition) is 0. The third-order valence-corrected chi connectivity index (χ3v) is 6.93. The summed E-state index contributed by atoms with van der Waals surface area (Å²) in [5.74, 6) is 1.48. The van der Waals surface area contributed by atoms with E-state index in [0.717, 1.165) is 11.1 Å². The number of ether oxygens (including phenoxy) is 4. The third kappa shape index (κ3) is 6.09. The van der Waals surface area contributed by atoms with Gasteiger partial charge in [-0.3, -0.25) is 9.36 Å². The molecule has 0 radical (unpaired) electrons. The highest BCUT2D eigenvalue weighted by atomic mass is 32.1. The molecule has 0 bridgehead atoms. The zero-order valence-corrected chi connectivity index (χ0v) is 24.0. The monoisotopic (exact) mass is 550 g/mol. The van der Waals surface area contributed by atoms with Crippen molar-refractivity contribution in [1.29, 1.82) is 0 Å². The lowest BCUT2D eigenvalue weighted by molar-refractivity contribution is -0.139. The van der Waals surface area contributed by atoms with Crippen LogP contribution in [0.2, 0.25) is 0 Å². The summed E-state index contributed by atoms with van der Waals surface area (Å²) < 4.78 is 24.7. The van der Waals surface area contributed by atoms with Crippen LogP contribution in [0.4, 0.5) is 0 Å². The van der Waals surface area contributed by atoms with Crippen molar-refractivity contribution >= 4 is 23.4 Å². The second-order valence-electron chi connectivity index (χ2n) is 9.11. The minimum Gasteiger partial charge on any atom is -0.494 e. The van der Waals surface area contributed by atoms with Crippen molar-refractivity contribution in [3.63, 3.8) is 0 Å². The van der Waals surface area contributed by atoms with Crippen LogP contribution in [0.3, 0.4) is 0 Å². The van der Waals surface area contributed by atoms with Gasteiger partial charge in [0.05, 0.1) is 47.8 Å². The first kappa shape index (κ1) is 28.2. The Hall–Kier alpha value is -3.85. The molecule has 0 amide bonds. The molecule has 0 spiro atoms. The number of allylic oxidation sites excluding steroid dienone is 1. The molecule has 0 aliphatic carbocycles. The Morgan fingerprint density at radius 1 is 1.03 bits per heavy atom. The summed E-state index contributed by atoms with van der Waals surface area (Å²) in [4.78, 5) is 32.1. The minimum absolute atomic E-state index is 0.00168. The van der Waals surface area contributed by atoms with Crippen LogP contribution in [0.25, 0.3) is 6.08 Å². The average Bonchev–Trinajstić information content (AvgIpc) is 3.19. The van der Waals surface area contributed by atoms with Crippen molar-refractivity contribution in [3.05, 3.63) is 84.5 Å². The molecule has 0 saturated heterocycles. The minimum atomic E-state index is -0.682. The van der Waals surface area contributed by atoms with Gasteiger partial charge in [0.2, 0.25) is 0 Å². The van der Waals surface area contributed by atoms with Gasteiger partial charge in [-0.2, -0.15) is 0 Å². The normalized spacial score (nSPS) is 15.2. The van der Waals surface area contributed by atoms with E-state index in [1.807, 2.05) is 76.2 Å². The van der Waals surface area contributed by atoms with Gasteiger partial charge < -0.3 is 18.9 Å². The molecule has 1 aliphatic rings. The molecule has 0 fully saturated rings. The van der Waals surface area contributed by atoms with Gasteiger partial charge in [-0.05, 0) is 83.0 Å². The maximum atomic E-state index is 13.9. The number of benzene rings is 2. The second kappa shape index (κ2) is 12.3. The Balaban J connectivity index is 1.86. The first-order valence-electron chi connectivity index (χ1n) is 13.1. The van der Waals surface area contributed by atoms with Crippen molar-refractivity contribution in [3.8, 4) is 17.2 Å². The van der Waals surface area contributed by atoms with E-state index in [4.69, 9.17) is 18.9 Å². The van der Waals surface area contributed by atoms with Crippen molar-refractivity contribution in [2.75, 3.05) is 19.8 Å². The van der Waals surface area contributed by atoms with Gasteiger partial charge in [0.15, 0.2) is 16.3 Å². The molecule has 9 heteroatoms. The lowest BCUT2D eigenvalue weighted by Gasteiger charge is -2.24. The summed E-state index contributed by atoms with van der Waals surface area (Å²) in [7, 11) is 0. The number of fused-ring (bicyclic) bond motifs is 1. The van der Waals surface area contributed by atoms with Crippen LogP contribution < -0.4 is 29.1 Å². The molecule has 0 N–H and O–H groups in total. The Morgan fingerprint density at radius 2 is 1.74 bits per heavy atom. The fourth-order valence-electron chi connectivity index (χ4n) is 4.41. The van der Waals surface area contributed by atoms with Crippen LogP contribution in [0.5, 0.6) is 17.2 Å². The predicted octanol–water partition coefficient (Wildman–Crippen LogP) is 4.38. The lowest BCUT2D eigenvalue weighted by Crippen LogP contribution is -2.39. The maximum Gasteiger partial charge on any atom is 0.338 e. The average molecular weight is 551 g/mol. The van der Waals surface area contributed by atoms with E-state index >= 15 is 0 Å². The molecule has 4 rings (SSSR count). The maximum absolute atomic E-state index is 13.9. The molecule has 8 nitrogen and oxygen atoms in total. The summed E-state index contributed by atoms with van der Waals surface area (Å²) in [6.07, 6.45) is 1.81.